The lowest BCUT2D eigenvalue weighted by atomic mass is 9.94. The minimum atomic E-state index is -2.15. The van der Waals surface area contributed by atoms with Crippen molar-refractivity contribution in [2.45, 2.75) is 167 Å². The van der Waals surface area contributed by atoms with Crippen LogP contribution in [0.25, 0.3) is 0 Å². The van der Waals surface area contributed by atoms with Gasteiger partial charge in [-0.3, -0.25) is 9.59 Å². The third-order valence-electron chi connectivity index (χ3n) is 11.1. The Labute approximate surface area is 351 Å². The van der Waals surface area contributed by atoms with Gasteiger partial charge in [-0.25, -0.2) is 0 Å². The number of carbonyl (C=O) groups excluding carboxylic acids is 2. The van der Waals surface area contributed by atoms with E-state index in [0.717, 1.165) is 13.8 Å². The zero-order valence-corrected chi connectivity index (χ0v) is 33.2. The lowest BCUT2D eigenvalue weighted by Crippen LogP contribution is -2.70. The number of hydrogen-bond acceptors (Lipinski definition) is 26. The van der Waals surface area contributed by atoms with E-state index in [4.69, 9.17) is 42.6 Å². The van der Waals surface area contributed by atoms with Crippen LogP contribution in [0, 0.1) is 0 Å². The van der Waals surface area contributed by atoms with E-state index >= 15 is 0 Å². The molecule has 5 aliphatic rings. The molecule has 62 heavy (non-hydrogen) atoms. The van der Waals surface area contributed by atoms with Crippen molar-refractivity contribution in [1.29, 1.82) is 0 Å². The lowest BCUT2D eigenvalue weighted by Gasteiger charge is -2.50. The second-order valence-corrected chi connectivity index (χ2v) is 15.4. The summed E-state index contributed by atoms with van der Waals surface area (Å²) in [5.41, 5.74) is 0. The molecule has 0 radical (unpaired) electrons. The molecule has 17 N–H and O–H groups in total. The minimum Gasteiger partial charge on any atom is -0.394 e. The van der Waals surface area contributed by atoms with Gasteiger partial charge in [0.05, 0.1) is 33.0 Å². The maximum Gasteiger partial charge on any atom is 0.217 e. The zero-order valence-electron chi connectivity index (χ0n) is 33.2. The van der Waals surface area contributed by atoms with Gasteiger partial charge in [0, 0.05) is 13.8 Å². The van der Waals surface area contributed by atoms with E-state index in [2.05, 4.69) is 10.6 Å². The van der Waals surface area contributed by atoms with Crippen molar-refractivity contribution < 1.29 is 129 Å². The molecule has 0 aromatic carbocycles. The Morgan fingerprint density at radius 3 is 1.29 bits per heavy atom. The van der Waals surface area contributed by atoms with Crippen LogP contribution in [-0.2, 0) is 52.2 Å². The number of carbonyl (C=O) groups is 2. The van der Waals surface area contributed by atoms with E-state index in [9.17, 15) is 86.2 Å². The van der Waals surface area contributed by atoms with Crippen molar-refractivity contribution in [3.8, 4) is 0 Å². The van der Waals surface area contributed by atoms with Crippen LogP contribution >= 0.6 is 0 Å². The number of hydrogen-bond donors (Lipinski definition) is 17. The highest BCUT2D eigenvalue weighted by atomic mass is 16.8. The molecule has 0 bridgehead atoms. The number of amides is 2. The average molecular weight is 911 g/mol. The molecule has 5 rings (SSSR count). The van der Waals surface area contributed by atoms with Gasteiger partial charge in [-0.15, -0.1) is 0 Å². The van der Waals surface area contributed by atoms with Gasteiger partial charge in [0.2, 0.25) is 11.8 Å². The van der Waals surface area contributed by atoms with E-state index < -0.39 is 198 Å². The van der Waals surface area contributed by atoms with E-state index in [1.807, 2.05) is 0 Å². The number of aliphatic hydroxyl groups excluding tert-OH is 15. The molecule has 25 atom stereocenters. The highest BCUT2D eigenvalue weighted by molar-refractivity contribution is 5.73. The van der Waals surface area contributed by atoms with Crippen LogP contribution in [0.3, 0.4) is 0 Å². The topological polar surface area (TPSA) is 445 Å². The first-order valence-electron chi connectivity index (χ1n) is 19.6. The Morgan fingerprint density at radius 2 is 0.774 bits per heavy atom. The van der Waals surface area contributed by atoms with Crippen LogP contribution in [0.4, 0.5) is 0 Å². The molecule has 0 spiro atoms. The number of nitrogens with one attached hydrogen (secondary N) is 2. The summed E-state index contributed by atoms with van der Waals surface area (Å²) >= 11 is 0. The van der Waals surface area contributed by atoms with Crippen LogP contribution in [0.2, 0.25) is 0 Å². The molecular weight excluding hydrogens is 852 g/mol. The number of ether oxygens (including phenoxy) is 9. The minimum absolute atomic E-state index is 0.703. The quantitative estimate of drug-likeness (QED) is 0.0725. The predicted octanol–water partition coefficient (Wildman–Crippen LogP) is -11.6. The first-order valence-corrected chi connectivity index (χ1v) is 19.6. The molecule has 5 fully saturated rings. The molecule has 5 heterocycles. The highest BCUT2D eigenvalue weighted by Crippen LogP contribution is 2.36. The summed E-state index contributed by atoms with van der Waals surface area (Å²) in [5.74, 6) is -1.52. The Hall–Kier alpha value is -2.02. The van der Waals surface area contributed by atoms with E-state index in [0.29, 0.717) is 0 Å². The smallest absolute Gasteiger partial charge is 0.217 e. The molecule has 1 unspecified atom stereocenters. The summed E-state index contributed by atoms with van der Waals surface area (Å²) in [4.78, 5) is 24.2. The third kappa shape index (κ3) is 10.8. The zero-order chi connectivity index (χ0) is 45.9. The fourth-order valence-corrected chi connectivity index (χ4v) is 7.82. The second-order valence-electron chi connectivity index (χ2n) is 15.4. The largest absolute Gasteiger partial charge is 0.394 e. The molecule has 28 heteroatoms. The monoisotopic (exact) mass is 910 g/mol. The molecule has 0 aromatic rings. The number of aliphatic hydroxyl groups is 15. The van der Waals surface area contributed by atoms with Crippen LogP contribution < -0.4 is 10.6 Å². The van der Waals surface area contributed by atoms with E-state index in [1.165, 1.54) is 0 Å². The van der Waals surface area contributed by atoms with Crippen molar-refractivity contribution >= 4 is 11.8 Å². The SMILES string of the molecule is CC(=O)N[C@H]1[C@H](O[C@@H]2[C@@H](O[C@@H]3[C@H](O)[C@H](O[C@H]4[C@H](O)[C@@H](NC(C)=O)C(O)O[C@@H]4CO)O[C@H](CO)[C@H]3O)O[C@H](CO)[C@@H](O)[C@@H]2O)O[C@H](CO)[C@@H](O[C@@H]2O[C@H](CO)[C@H](O)[C@H](O)[C@H]2O)[C@@H]1O. The fourth-order valence-electron chi connectivity index (χ4n) is 7.82. The molecule has 5 saturated heterocycles. The third-order valence-corrected chi connectivity index (χ3v) is 11.1. The van der Waals surface area contributed by atoms with Gasteiger partial charge < -0.3 is 130 Å². The summed E-state index contributed by atoms with van der Waals surface area (Å²) < 4.78 is 51.0. The van der Waals surface area contributed by atoms with Gasteiger partial charge in [0.25, 0.3) is 0 Å². The highest BCUT2D eigenvalue weighted by Gasteiger charge is 2.57. The van der Waals surface area contributed by atoms with Crippen LogP contribution in [0.15, 0.2) is 0 Å². The molecule has 5 aliphatic heterocycles. The van der Waals surface area contributed by atoms with Gasteiger partial charge in [-0.05, 0) is 0 Å². The van der Waals surface area contributed by atoms with Gasteiger partial charge in [-0.1, -0.05) is 0 Å². The standard InChI is InChI=1S/C34H58N2O26/c1-8(42)35-15-20(47)26(13(6-40)54-30(15)53)60-33-25(52)28(19(46)12(5-39)56-33)61-34-29(23(50)18(45)11(4-38)57-34)62-31-16(36-9(2)43)21(48)27(14(7-41)58-31)59-32-24(51)22(49)17(44)10(3-37)55-32/h10-34,37-41,44-53H,3-7H2,1-2H3,(H,35,42)(H,36,43)/t10-,11-,12-,13-,14-,15-,16-,17+,18-,19-,20-,21-,22+,23+,24-,25+,26-,27-,28+,29+,30?,31+,32+,33+,34-/m1/s1. The van der Waals surface area contributed by atoms with E-state index in [1.54, 1.807) is 0 Å². The summed E-state index contributed by atoms with van der Waals surface area (Å²) in [6.45, 7) is -2.56. The van der Waals surface area contributed by atoms with Crippen molar-refractivity contribution in [2.24, 2.45) is 0 Å². The Balaban J connectivity index is 1.41. The van der Waals surface area contributed by atoms with Gasteiger partial charge >= 0.3 is 0 Å². The first-order chi connectivity index (χ1) is 29.3. The van der Waals surface area contributed by atoms with Crippen LogP contribution in [-0.4, -0.2) is 275 Å². The first kappa shape index (κ1) is 51.0. The van der Waals surface area contributed by atoms with Crippen molar-refractivity contribution in [1.82, 2.24) is 10.6 Å². The number of rotatable bonds is 15. The summed E-state index contributed by atoms with van der Waals surface area (Å²) in [6.07, 6.45) is -42.7. The fraction of sp³-hybridized carbons (Fsp3) is 0.941. The lowest BCUT2D eigenvalue weighted by molar-refractivity contribution is -0.394. The summed E-state index contributed by atoms with van der Waals surface area (Å²) in [5, 5.41) is 163. The normalized spacial score (nSPS) is 49.0. The maximum atomic E-state index is 12.4. The van der Waals surface area contributed by atoms with Gasteiger partial charge in [0.1, 0.15) is 122 Å². The molecule has 0 saturated carbocycles. The molecule has 360 valence electrons. The molecule has 2 amide bonds. The van der Waals surface area contributed by atoms with Crippen molar-refractivity contribution in [3.05, 3.63) is 0 Å². The van der Waals surface area contributed by atoms with E-state index in [-0.39, 0.29) is 0 Å². The van der Waals surface area contributed by atoms with Crippen molar-refractivity contribution in [3.63, 3.8) is 0 Å². The van der Waals surface area contributed by atoms with Crippen molar-refractivity contribution in [2.75, 3.05) is 33.0 Å². The van der Waals surface area contributed by atoms with Gasteiger partial charge in [0.15, 0.2) is 31.5 Å². The molecular formula is C34H58N2O26. The summed E-state index contributed by atoms with van der Waals surface area (Å²) in [7, 11) is 0. The summed E-state index contributed by atoms with van der Waals surface area (Å²) in [6, 6.07) is -3.25. The molecule has 0 aliphatic carbocycles. The van der Waals surface area contributed by atoms with Crippen LogP contribution in [0.1, 0.15) is 13.8 Å². The molecule has 28 nitrogen and oxygen atoms in total. The molecule has 0 aromatic heterocycles. The van der Waals surface area contributed by atoms with Gasteiger partial charge in [-0.2, -0.15) is 0 Å². The second kappa shape index (κ2) is 22.0. The Kier molecular flexibility index (Phi) is 18.1. The predicted molar refractivity (Wildman–Crippen MR) is 190 cm³/mol. The maximum absolute atomic E-state index is 12.4. The Morgan fingerprint density at radius 1 is 0.387 bits per heavy atom. The van der Waals surface area contributed by atoms with Crippen LogP contribution in [0.5, 0.6) is 0 Å². The average Bonchev–Trinajstić information content (AvgIpc) is 3.23. The Bertz CT molecular complexity index is 1440.